The van der Waals surface area contributed by atoms with E-state index in [4.69, 9.17) is 10.2 Å². The van der Waals surface area contributed by atoms with Crippen molar-refractivity contribution >= 4 is 14.4 Å². The lowest BCUT2D eigenvalue weighted by atomic mass is 9.97. The van der Waals surface area contributed by atoms with Crippen molar-refractivity contribution in [2.75, 3.05) is 6.54 Å². The van der Waals surface area contributed by atoms with Crippen molar-refractivity contribution < 1.29 is 14.3 Å². The minimum absolute atomic E-state index is 0.0965. The van der Waals surface area contributed by atoms with Gasteiger partial charge in [-0.1, -0.05) is 20.8 Å². The van der Waals surface area contributed by atoms with Crippen LogP contribution in [0.1, 0.15) is 34.1 Å². The van der Waals surface area contributed by atoms with E-state index in [0.29, 0.717) is 6.54 Å². The first kappa shape index (κ1) is 16.5. The van der Waals surface area contributed by atoms with E-state index in [1.165, 1.54) is 4.90 Å². The number of piperidine rings is 1. The van der Waals surface area contributed by atoms with Gasteiger partial charge in [0.05, 0.1) is 12.1 Å². The number of hydrogen-bond donors (Lipinski definition) is 2. The van der Waals surface area contributed by atoms with E-state index in [1.54, 1.807) is 0 Å². The molecule has 0 aromatic carbocycles. The number of amides is 1. The fourth-order valence-corrected chi connectivity index (χ4v) is 3.55. The van der Waals surface area contributed by atoms with Crippen molar-refractivity contribution in [3.05, 3.63) is 0 Å². The van der Waals surface area contributed by atoms with Crippen LogP contribution in [-0.2, 0) is 4.43 Å². The summed E-state index contributed by atoms with van der Waals surface area (Å²) >= 11 is 0. The van der Waals surface area contributed by atoms with E-state index in [-0.39, 0.29) is 23.2 Å². The molecule has 0 saturated carbocycles. The van der Waals surface area contributed by atoms with Gasteiger partial charge >= 0.3 is 6.09 Å². The Labute approximate surface area is 117 Å². The van der Waals surface area contributed by atoms with E-state index >= 15 is 0 Å². The van der Waals surface area contributed by atoms with Gasteiger partial charge < -0.3 is 20.2 Å². The summed E-state index contributed by atoms with van der Waals surface area (Å²) in [6, 6.07) is -0.270. The highest BCUT2D eigenvalue weighted by molar-refractivity contribution is 6.74. The minimum Gasteiger partial charge on any atom is -0.465 e. The quantitative estimate of drug-likeness (QED) is 0.765. The normalized spacial score (nSPS) is 29.4. The van der Waals surface area contributed by atoms with E-state index in [1.807, 2.05) is 6.92 Å². The van der Waals surface area contributed by atoms with E-state index in [0.717, 1.165) is 6.42 Å². The van der Waals surface area contributed by atoms with Crippen LogP contribution in [0.3, 0.4) is 0 Å². The molecule has 0 unspecified atom stereocenters. The Morgan fingerprint density at radius 2 is 1.95 bits per heavy atom. The zero-order chi connectivity index (χ0) is 15.0. The van der Waals surface area contributed by atoms with Crippen LogP contribution in [0.15, 0.2) is 0 Å². The molecule has 1 amide bonds. The molecule has 1 heterocycles. The maximum absolute atomic E-state index is 11.2. The van der Waals surface area contributed by atoms with Crippen LogP contribution < -0.4 is 5.73 Å². The molecule has 1 fully saturated rings. The topological polar surface area (TPSA) is 75.8 Å². The monoisotopic (exact) mass is 288 g/mol. The Hall–Kier alpha value is -0.593. The highest BCUT2D eigenvalue weighted by Crippen LogP contribution is 2.39. The molecule has 1 saturated heterocycles. The van der Waals surface area contributed by atoms with Gasteiger partial charge in [0.15, 0.2) is 8.32 Å². The van der Waals surface area contributed by atoms with Gasteiger partial charge in [0.1, 0.15) is 0 Å². The minimum atomic E-state index is -1.90. The van der Waals surface area contributed by atoms with Crippen LogP contribution in [0.25, 0.3) is 0 Å². The zero-order valence-electron chi connectivity index (χ0n) is 12.9. The second-order valence-corrected chi connectivity index (χ2v) is 11.8. The molecule has 0 aromatic rings. The molecule has 0 aromatic heterocycles. The molecule has 3 atom stereocenters. The maximum Gasteiger partial charge on any atom is 0.407 e. The van der Waals surface area contributed by atoms with Crippen molar-refractivity contribution in [2.45, 2.75) is 70.4 Å². The highest BCUT2D eigenvalue weighted by Gasteiger charge is 2.43. The Balaban J connectivity index is 2.85. The second kappa shape index (κ2) is 5.42. The van der Waals surface area contributed by atoms with Crippen LogP contribution in [0.4, 0.5) is 4.79 Å². The number of carbonyl (C=O) groups is 1. The van der Waals surface area contributed by atoms with Gasteiger partial charge in [0.2, 0.25) is 0 Å². The van der Waals surface area contributed by atoms with Crippen LogP contribution >= 0.6 is 0 Å². The standard InChI is InChI=1S/C13H28N2O3Si/c1-9-11(18-19(5,6)13(2,3)4)7-10(14)8-15(9)12(16)17/h9-11H,7-8,14H2,1-6H3,(H,16,17)/t9-,10+,11-/m0/s1. The van der Waals surface area contributed by atoms with Crippen molar-refractivity contribution in [3.63, 3.8) is 0 Å². The van der Waals surface area contributed by atoms with Crippen molar-refractivity contribution in [3.8, 4) is 0 Å². The summed E-state index contributed by atoms with van der Waals surface area (Å²) in [5.74, 6) is 0. The molecular weight excluding hydrogens is 260 g/mol. The Kier molecular flexibility index (Phi) is 4.69. The molecule has 1 aliphatic heterocycles. The van der Waals surface area contributed by atoms with Crippen molar-refractivity contribution in [1.82, 2.24) is 4.90 Å². The number of nitrogens with zero attached hydrogens (tertiary/aromatic N) is 1. The van der Waals surface area contributed by atoms with Gasteiger partial charge in [-0.25, -0.2) is 4.79 Å². The number of hydrogen-bond acceptors (Lipinski definition) is 3. The third-order valence-electron chi connectivity index (χ3n) is 4.49. The lowest BCUT2D eigenvalue weighted by Crippen LogP contribution is -2.59. The molecule has 0 radical (unpaired) electrons. The summed E-state index contributed by atoms with van der Waals surface area (Å²) in [4.78, 5) is 12.7. The Bertz CT molecular complexity index is 341. The summed E-state index contributed by atoms with van der Waals surface area (Å²) in [6.07, 6.45) is -0.274. The third-order valence-corrected chi connectivity index (χ3v) is 9.00. The third kappa shape index (κ3) is 3.70. The first-order valence-electron chi connectivity index (χ1n) is 6.88. The van der Waals surface area contributed by atoms with Crippen LogP contribution in [0.2, 0.25) is 18.1 Å². The Morgan fingerprint density at radius 1 is 1.42 bits per heavy atom. The fourth-order valence-electron chi connectivity index (χ4n) is 2.14. The first-order valence-corrected chi connectivity index (χ1v) is 9.79. The van der Waals surface area contributed by atoms with Crippen LogP contribution in [0, 0.1) is 0 Å². The molecule has 19 heavy (non-hydrogen) atoms. The molecule has 1 aliphatic rings. The molecule has 3 N–H and O–H groups in total. The van der Waals surface area contributed by atoms with Gasteiger partial charge in [-0.3, -0.25) is 0 Å². The van der Waals surface area contributed by atoms with E-state index in [9.17, 15) is 9.90 Å². The SMILES string of the molecule is C[C@H]1[C@@H](O[Si](C)(C)C(C)(C)C)C[C@@H](N)CN1C(=O)O. The summed E-state index contributed by atoms with van der Waals surface area (Å²) in [5, 5.41) is 9.34. The van der Waals surface area contributed by atoms with Crippen molar-refractivity contribution in [2.24, 2.45) is 5.73 Å². The molecule has 112 valence electrons. The smallest absolute Gasteiger partial charge is 0.407 e. The predicted octanol–water partition coefficient (Wildman–Crippen LogP) is 2.48. The van der Waals surface area contributed by atoms with Crippen molar-refractivity contribution in [1.29, 1.82) is 0 Å². The van der Waals surface area contributed by atoms with E-state index < -0.39 is 14.4 Å². The largest absolute Gasteiger partial charge is 0.465 e. The van der Waals surface area contributed by atoms with Gasteiger partial charge in [0, 0.05) is 12.6 Å². The molecule has 1 rings (SSSR count). The van der Waals surface area contributed by atoms with Crippen LogP contribution in [-0.4, -0.2) is 49.1 Å². The molecule has 0 spiro atoms. The zero-order valence-corrected chi connectivity index (χ0v) is 13.9. The van der Waals surface area contributed by atoms with E-state index in [2.05, 4.69) is 33.9 Å². The summed E-state index contributed by atoms with van der Waals surface area (Å²) in [6.45, 7) is 13.2. The number of carboxylic acid groups (broad SMARTS) is 1. The summed E-state index contributed by atoms with van der Waals surface area (Å²) < 4.78 is 6.36. The molecule has 0 aliphatic carbocycles. The average Bonchev–Trinajstić information content (AvgIpc) is 2.20. The van der Waals surface area contributed by atoms with Gasteiger partial charge in [-0.15, -0.1) is 0 Å². The number of likely N-dealkylation sites (tertiary alicyclic amines) is 1. The summed E-state index contributed by atoms with van der Waals surface area (Å²) in [5.41, 5.74) is 5.97. The molecule has 0 bridgehead atoms. The maximum atomic E-state index is 11.2. The fraction of sp³-hybridized carbons (Fsp3) is 0.923. The molecular formula is C13H28N2O3Si. The average molecular weight is 288 g/mol. The van der Waals surface area contributed by atoms with Gasteiger partial charge in [-0.05, 0) is 31.5 Å². The van der Waals surface area contributed by atoms with Gasteiger partial charge in [0.25, 0.3) is 0 Å². The number of nitrogens with two attached hydrogens (primary N) is 1. The molecule has 6 heteroatoms. The predicted molar refractivity (Wildman–Crippen MR) is 78.9 cm³/mol. The molecule has 5 nitrogen and oxygen atoms in total. The summed E-state index contributed by atoms with van der Waals surface area (Å²) in [7, 11) is -1.90. The lowest BCUT2D eigenvalue weighted by Gasteiger charge is -2.46. The second-order valence-electron chi connectivity index (χ2n) is 7.09. The lowest BCUT2D eigenvalue weighted by molar-refractivity contribution is 0.0229. The van der Waals surface area contributed by atoms with Crippen LogP contribution in [0.5, 0.6) is 0 Å². The highest BCUT2D eigenvalue weighted by atomic mass is 28.4. The first-order chi connectivity index (χ1) is 8.45. The number of rotatable bonds is 2. The Morgan fingerprint density at radius 3 is 2.37 bits per heavy atom. The van der Waals surface area contributed by atoms with Gasteiger partial charge in [-0.2, -0.15) is 0 Å².